The smallest absolute Gasteiger partial charge is 0.307 e. The second-order valence-electron chi connectivity index (χ2n) is 11.9. The highest BCUT2D eigenvalue weighted by Gasteiger charge is 2.26. The molecule has 1 fully saturated rings. The maximum Gasteiger partial charge on any atom is 0.307 e. The van der Waals surface area contributed by atoms with Crippen molar-refractivity contribution in [2.45, 2.75) is 60.1 Å². The summed E-state index contributed by atoms with van der Waals surface area (Å²) in [5.41, 5.74) is 5.23. The highest BCUT2D eigenvalue weighted by Crippen LogP contribution is 2.35. The Morgan fingerprint density at radius 1 is 1.11 bits per heavy atom. The number of carbonyl (C=O) groups excluding carboxylic acids is 1. The van der Waals surface area contributed by atoms with Crippen molar-refractivity contribution < 1.29 is 14.1 Å². The van der Waals surface area contributed by atoms with Crippen molar-refractivity contribution in [3.05, 3.63) is 46.8 Å². The Morgan fingerprint density at radius 3 is 2.52 bits per heavy atom. The van der Waals surface area contributed by atoms with Gasteiger partial charge in [0, 0.05) is 62.7 Å². The van der Waals surface area contributed by atoms with Crippen LogP contribution in [0.3, 0.4) is 0 Å². The van der Waals surface area contributed by atoms with E-state index in [9.17, 15) is 4.79 Å². The van der Waals surface area contributed by atoms with Gasteiger partial charge in [-0.1, -0.05) is 47.3 Å². The molecular formula is C32H45N7O3S2. The zero-order chi connectivity index (χ0) is 31.9. The molecule has 1 aliphatic heterocycles. The van der Waals surface area contributed by atoms with E-state index in [0.717, 1.165) is 89.8 Å². The Bertz CT molecular complexity index is 1430. The zero-order valence-corrected chi connectivity index (χ0v) is 28.6. The second-order valence-corrected chi connectivity index (χ2v) is 13.7. The van der Waals surface area contributed by atoms with Crippen LogP contribution in [-0.2, 0) is 16.1 Å². The van der Waals surface area contributed by atoms with Gasteiger partial charge in [-0.25, -0.2) is 9.97 Å². The van der Waals surface area contributed by atoms with Crippen molar-refractivity contribution in [1.29, 1.82) is 0 Å². The fraction of sp³-hybridized carbons (Fsp3) is 0.531. The van der Waals surface area contributed by atoms with Gasteiger partial charge in [-0.2, -0.15) is 0 Å². The molecule has 44 heavy (non-hydrogen) atoms. The van der Waals surface area contributed by atoms with Crippen molar-refractivity contribution in [3.63, 3.8) is 0 Å². The summed E-state index contributed by atoms with van der Waals surface area (Å²) in [4.78, 5) is 26.8. The molecule has 0 radical (unpaired) electrons. The van der Waals surface area contributed by atoms with E-state index in [0.29, 0.717) is 18.0 Å². The van der Waals surface area contributed by atoms with Crippen molar-refractivity contribution in [2.24, 2.45) is 0 Å². The molecule has 0 amide bonds. The molecule has 1 aliphatic rings. The SMILES string of the molecule is CNCCNCc1cccc(-c2nc(-c3c(C)noc3C)c(C)c(N3CCN(C(=S)SCCC(=O)OC(C)(C)C)CC3)n2)c1. The van der Waals surface area contributed by atoms with Crippen molar-refractivity contribution in [3.8, 4) is 22.6 Å². The maximum absolute atomic E-state index is 12.1. The zero-order valence-electron chi connectivity index (χ0n) is 27.0. The number of aryl methyl sites for hydroxylation is 2. The summed E-state index contributed by atoms with van der Waals surface area (Å²) in [6.07, 6.45) is 0.336. The average Bonchev–Trinajstić information content (AvgIpc) is 3.32. The highest BCUT2D eigenvalue weighted by molar-refractivity contribution is 8.22. The first-order valence-electron chi connectivity index (χ1n) is 15.1. The second kappa shape index (κ2) is 15.3. The van der Waals surface area contributed by atoms with Gasteiger partial charge in [0.2, 0.25) is 0 Å². The van der Waals surface area contributed by atoms with Crippen LogP contribution < -0.4 is 15.5 Å². The topological polar surface area (TPSA) is 109 Å². The third-order valence-corrected chi connectivity index (χ3v) is 8.77. The number of thioether (sulfide) groups is 1. The van der Waals surface area contributed by atoms with Crippen LogP contribution in [0, 0.1) is 20.8 Å². The van der Waals surface area contributed by atoms with E-state index in [1.807, 2.05) is 41.7 Å². The van der Waals surface area contributed by atoms with Crippen LogP contribution in [0.15, 0.2) is 28.8 Å². The fourth-order valence-corrected chi connectivity index (χ4v) is 6.32. The summed E-state index contributed by atoms with van der Waals surface area (Å²) < 4.78 is 11.8. The minimum absolute atomic E-state index is 0.197. The third kappa shape index (κ3) is 8.99. The average molecular weight is 640 g/mol. The minimum Gasteiger partial charge on any atom is -0.460 e. The molecule has 238 valence electrons. The number of hydrogen-bond donors (Lipinski definition) is 2. The van der Waals surface area contributed by atoms with E-state index in [-0.39, 0.29) is 5.97 Å². The molecule has 1 saturated heterocycles. The van der Waals surface area contributed by atoms with Crippen LogP contribution in [0.1, 0.15) is 49.8 Å². The van der Waals surface area contributed by atoms with E-state index < -0.39 is 5.60 Å². The molecule has 0 spiro atoms. The molecule has 2 N–H and O–H groups in total. The van der Waals surface area contributed by atoms with Crippen LogP contribution in [0.2, 0.25) is 0 Å². The standard InChI is InChI=1S/C32H45N7O3S2/c1-21-28(27-22(2)37-42-23(27)3)35-29(25-10-8-9-24(19-25)20-34-13-12-33-7)36-30(21)38-14-16-39(17-15-38)31(43)44-18-11-26(40)41-32(4,5)6/h8-10,19,33-34H,11-18,20H2,1-7H3. The van der Waals surface area contributed by atoms with Gasteiger partial charge in [0.25, 0.3) is 0 Å². The van der Waals surface area contributed by atoms with E-state index in [1.165, 1.54) is 17.3 Å². The van der Waals surface area contributed by atoms with Crippen LogP contribution in [0.5, 0.6) is 0 Å². The molecule has 0 unspecified atom stereocenters. The monoisotopic (exact) mass is 639 g/mol. The lowest BCUT2D eigenvalue weighted by Gasteiger charge is -2.37. The van der Waals surface area contributed by atoms with Crippen LogP contribution in [0.25, 0.3) is 22.6 Å². The predicted octanol–water partition coefficient (Wildman–Crippen LogP) is 4.90. The Labute approximate surface area is 270 Å². The van der Waals surface area contributed by atoms with Crippen molar-refractivity contribution >= 4 is 40.1 Å². The number of thiocarbonyl (C=S) groups is 1. The van der Waals surface area contributed by atoms with E-state index in [1.54, 1.807) is 0 Å². The molecule has 1 aromatic carbocycles. The molecule has 10 nitrogen and oxygen atoms in total. The Hall–Kier alpha value is -3.06. The molecule has 0 atom stereocenters. The summed E-state index contributed by atoms with van der Waals surface area (Å²) in [6, 6.07) is 8.40. The quantitative estimate of drug-likeness (QED) is 0.169. The molecule has 2 aromatic heterocycles. The molecular weight excluding hydrogens is 595 g/mol. The van der Waals surface area contributed by atoms with Gasteiger partial charge >= 0.3 is 5.97 Å². The van der Waals surface area contributed by atoms with Gasteiger partial charge in [-0.15, -0.1) is 0 Å². The predicted molar refractivity (Wildman–Crippen MR) is 182 cm³/mol. The van der Waals surface area contributed by atoms with E-state index in [2.05, 4.69) is 56.8 Å². The normalized spacial score (nSPS) is 13.8. The number of hydrogen-bond acceptors (Lipinski definition) is 11. The number of anilines is 1. The fourth-order valence-electron chi connectivity index (χ4n) is 5.08. The summed E-state index contributed by atoms with van der Waals surface area (Å²) >= 11 is 7.27. The molecule has 0 bridgehead atoms. The van der Waals surface area contributed by atoms with Gasteiger partial charge < -0.3 is 29.7 Å². The van der Waals surface area contributed by atoms with E-state index >= 15 is 0 Å². The summed E-state index contributed by atoms with van der Waals surface area (Å²) in [5, 5.41) is 10.8. The number of aromatic nitrogens is 3. The molecule has 3 aromatic rings. The van der Waals surface area contributed by atoms with Gasteiger partial charge in [0.1, 0.15) is 21.5 Å². The van der Waals surface area contributed by atoms with Gasteiger partial charge in [0.15, 0.2) is 5.82 Å². The number of carbonyl (C=O) groups is 1. The first-order chi connectivity index (χ1) is 21.0. The number of ether oxygens (including phenoxy) is 1. The number of piperazine rings is 1. The number of nitrogens with one attached hydrogen (secondary N) is 2. The Kier molecular flexibility index (Phi) is 11.8. The van der Waals surface area contributed by atoms with Gasteiger partial charge in [-0.3, -0.25) is 4.79 Å². The lowest BCUT2D eigenvalue weighted by Crippen LogP contribution is -2.48. The molecule has 4 rings (SSSR count). The first-order valence-corrected chi connectivity index (χ1v) is 16.5. The number of rotatable bonds is 11. The Balaban J connectivity index is 1.52. The molecule has 0 saturated carbocycles. The number of esters is 1. The Morgan fingerprint density at radius 2 is 1.86 bits per heavy atom. The van der Waals surface area contributed by atoms with Crippen LogP contribution in [0.4, 0.5) is 5.82 Å². The molecule has 12 heteroatoms. The highest BCUT2D eigenvalue weighted by atomic mass is 32.2. The number of nitrogens with zero attached hydrogens (tertiary/aromatic N) is 5. The molecule has 0 aliphatic carbocycles. The summed E-state index contributed by atoms with van der Waals surface area (Å²) in [5.74, 6) is 2.73. The van der Waals surface area contributed by atoms with Gasteiger partial charge in [-0.05, 0) is 60.2 Å². The number of likely N-dealkylation sites (N-methyl/N-ethyl adjacent to an activating group) is 1. The van der Waals surface area contributed by atoms with Gasteiger partial charge in [0.05, 0.1) is 23.4 Å². The van der Waals surface area contributed by atoms with Crippen molar-refractivity contribution in [2.75, 3.05) is 57.0 Å². The summed E-state index contributed by atoms with van der Waals surface area (Å²) in [6.45, 7) is 17.2. The molecule has 3 heterocycles. The van der Waals surface area contributed by atoms with Crippen LogP contribution in [-0.4, -0.2) is 88.0 Å². The van der Waals surface area contributed by atoms with Crippen molar-refractivity contribution in [1.82, 2.24) is 30.7 Å². The summed E-state index contributed by atoms with van der Waals surface area (Å²) in [7, 11) is 1.95. The lowest BCUT2D eigenvalue weighted by atomic mass is 10.0. The number of benzene rings is 1. The van der Waals surface area contributed by atoms with Crippen LogP contribution >= 0.6 is 24.0 Å². The first kappa shape index (κ1) is 33.8. The van der Waals surface area contributed by atoms with E-state index in [4.69, 9.17) is 31.4 Å². The maximum atomic E-state index is 12.1. The lowest BCUT2D eigenvalue weighted by molar-refractivity contribution is -0.154. The third-order valence-electron chi connectivity index (χ3n) is 7.25. The largest absolute Gasteiger partial charge is 0.460 e. The minimum atomic E-state index is -0.477.